The van der Waals surface area contributed by atoms with Gasteiger partial charge < -0.3 is 10.0 Å². The molecular formula is C27H26F3N3O5S. The number of carbonyl (C=O) groups excluding carboxylic acids is 1. The van der Waals surface area contributed by atoms with Crippen molar-refractivity contribution in [2.45, 2.75) is 30.0 Å². The summed E-state index contributed by atoms with van der Waals surface area (Å²) in [5, 5.41) is 9.06. The van der Waals surface area contributed by atoms with Crippen molar-refractivity contribution in [3.63, 3.8) is 0 Å². The number of anilines is 1. The second-order valence-corrected chi connectivity index (χ2v) is 10.8. The zero-order valence-electron chi connectivity index (χ0n) is 20.9. The van der Waals surface area contributed by atoms with Gasteiger partial charge >= 0.3 is 12.3 Å². The minimum absolute atomic E-state index is 0.196. The van der Waals surface area contributed by atoms with Crippen molar-refractivity contribution in [2.24, 2.45) is 0 Å². The highest BCUT2D eigenvalue weighted by molar-refractivity contribution is 7.89. The summed E-state index contributed by atoms with van der Waals surface area (Å²) in [6.45, 7) is 0.393. The van der Waals surface area contributed by atoms with Gasteiger partial charge in [0.2, 0.25) is 10.0 Å². The summed E-state index contributed by atoms with van der Waals surface area (Å²) in [5.41, 5.74) is 0.255. The Morgan fingerprint density at radius 3 is 2.13 bits per heavy atom. The molecule has 206 valence electrons. The predicted octanol–water partition coefficient (Wildman–Crippen LogP) is 5.07. The predicted molar refractivity (Wildman–Crippen MR) is 139 cm³/mol. The lowest BCUT2D eigenvalue weighted by atomic mass is 10.0. The molecule has 1 heterocycles. The van der Waals surface area contributed by atoms with E-state index < -0.39 is 38.8 Å². The first kappa shape index (κ1) is 28.1. The van der Waals surface area contributed by atoms with Crippen LogP contribution in [0.5, 0.6) is 0 Å². The molecule has 8 nitrogen and oxygen atoms in total. The van der Waals surface area contributed by atoms with E-state index in [2.05, 4.69) is 4.72 Å². The second-order valence-electron chi connectivity index (χ2n) is 9.15. The van der Waals surface area contributed by atoms with Crippen LogP contribution in [0.25, 0.3) is 11.1 Å². The Kier molecular flexibility index (Phi) is 7.98. The molecule has 0 bridgehead atoms. The lowest BCUT2D eigenvalue weighted by Crippen LogP contribution is -2.46. The fourth-order valence-electron chi connectivity index (χ4n) is 4.40. The number of hydrogen-bond donors (Lipinski definition) is 2. The maximum atomic E-state index is 13.9. The van der Waals surface area contributed by atoms with Crippen LogP contribution in [0.4, 0.5) is 23.7 Å². The van der Waals surface area contributed by atoms with Crippen LogP contribution in [0.1, 0.15) is 28.8 Å². The number of carboxylic acid groups (broad SMARTS) is 1. The molecule has 12 heteroatoms. The van der Waals surface area contributed by atoms with Gasteiger partial charge in [-0.1, -0.05) is 36.4 Å². The number of amides is 2. The molecule has 0 aromatic heterocycles. The van der Waals surface area contributed by atoms with Gasteiger partial charge in [-0.25, -0.2) is 17.9 Å². The molecule has 1 aliphatic heterocycles. The number of rotatable bonds is 6. The quantitative estimate of drug-likeness (QED) is 0.437. The zero-order chi connectivity index (χ0) is 28.4. The van der Waals surface area contributed by atoms with Gasteiger partial charge in [0, 0.05) is 37.4 Å². The highest BCUT2D eigenvalue weighted by atomic mass is 32.2. The van der Waals surface area contributed by atoms with Gasteiger partial charge in [-0.05, 0) is 60.4 Å². The van der Waals surface area contributed by atoms with Crippen LogP contribution in [-0.4, -0.2) is 56.6 Å². The summed E-state index contributed by atoms with van der Waals surface area (Å²) in [4.78, 5) is 25.6. The number of hydrogen-bond acceptors (Lipinski definition) is 4. The second kappa shape index (κ2) is 11.1. The Balaban J connectivity index is 1.44. The minimum atomic E-state index is -4.89. The molecular weight excluding hydrogens is 535 g/mol. The maximum absolute atomic E-state index is 13.9. The topological polar surface area (TPSA) is 107 Å². The molecule has 0 spiro atoms. The van der Waals surface area contributed by atoms with E-state index in [0.29, 0.717) is 16.8 Å². The first-order valence-corrected chi connectivity index (χ1v) is 13.5. The third kappa shape index (κ3) is 6.40. The number of nitrogens with zero attached hydrogens (tertiary/aromatic N) is 2. The van der Waals surface area contributed by atoms with Gasteiger partial charge in [-0.3, -0.25) is 9.69 Å². The molecule has 0 aliphatic carbocycles. The van der Waals surface area contributed by atoms with Gasteiger partial charge in [0.05, 0.1) is 10.5 Å². The number of likely N-dealkylation sites (tertiary alicyclic amines) is 1. The molecule has 0 unspecified atom stereocenters. The molecule has 1 fully saturated rings. The summed E-state index contributed by atoms with van der Waals surface area (Å²) >= 11 is 0. The number of piperidine rings is 1. The summed E-state index contributed by atoms with van der Waals surface area (Å²) in [7, 11) is -3.13. The van der Waals surface area contributed by atoms with Gasteiger partial charge in [0.15, 0.2) is 0 Å². The van der Waals surface area contributed by atoms with Gasteiger partial charge in [-0.15, -0.1) is 0 Å². The van der Waals surface area contributed by atoms with Crippen LogP contribution < -0.4 is 9.62 Å². The van der Waals surface area contributed by atoms with E-state index in [-0.39, 0.29) is 37.4 Å². The Morgan fingerprint density at radius 1 is 0.949 bits per heavy atom. The van der Waals surface area contributed by atoms with Crippen LogP contribution >= 0.6 is 0 Å². The molecule has 0 atom stereocenters. The van der Waals surface area contributed by atoms with Crippen molar-refractivity contribution >= 4 is 27.7 Å². The molecule has 1 aliphatic rings. The van der Waals surface area contributed by atoms with Crippen LogP contribution in [0.15, 0.2) is 77.7 Å². The lowest BCUT2D eigenvalue weighted by Gasteiger charge is -2.32. The maximum Gasteiger partial charge on any atom is 0.417 e. The first-order chi connectivity index (χ1) is 18.4. The number of carbonyl (C=O) groups is 2. The van der Waals surface area contributed by atoms with E-state index in [0.717, 1.165) is 17.0 Å². The standard InChI is InChI=1S/C27H26F3N3O5S/c1-32(26(35)36)22-10-7-19(8-11-22)25(34)33-15-13-21(14-16-33)31-39(37,38)24-12-9-20(17-23(24)27(28,29)30)18-5-3-2-4-6-18/h2-12,17,21,31H,13-16H2,1H3,(H,35,36). The van der Waals surface area contributed by atoms with Crippen LogP contribution in [-0.2, 0) is 16.2 Å². The molecule has 1 saturated heterocycles. The Hall–Kier alpha value is -3.90. The van der Waals surface area contributed by atoms with E-state index in [9.17, 15) is 31.2 Å². The minimum Gasteiger partial charge on any atom is -0.465 e. The zero-order valence-corrected chi connectivity index (χ0v) is 21.7. The first-order valence-electron chi connectivity index (χ1n) is 12.0. The monoisotopic (exact) mass is 561 g/mol. The lowest BCUT2D eigenvalue weighted by molar-refractivity contribution is -0.139. The van der Waals surface area contributed by atoms with Crippen LogP contribution in [0, 0.1) is 0 Å². The van der Waals surface area contributed by atoms with E-state index >= 15 is 0 Å². The van der Waals surface area contributed by atoms with E-state index in [4.69, 9.17) is 5.11 Å². The Morgan fingerprint density at radius 2 is 1.56 bits per heavy atom. The average molecular weight is 562 g/mol. The number of benzene rings is 3. The van der Waals surface area contributed by atoms with Gasteiger partial charge in [-0.2, -0.15) is 13.2 Å². The van der Waals surface area contributed by atoms with Gasteiger partial charge in [0.1, 0.15) is 0 Å². The number of alkyl halides is 3. The number of sulfonamides is 1. The molecule has 0 radical (unpaired) electrons. The van der Waals surface area contributed by atoms with Crippen LogP contribution in [0.2, 0.25) is 0 Å². The average Bonchev–Trinajstić information content (AvgIpc) is 2.92. The molecule has 3 aromatic carbocycles. The fourth-order valence-corrected chi connectivity index (χ4v) is 5.91. The van der Waals surface area contributed by atoms with Crippen molar-refractivity contribution in [1.29, 1.82) is 0 Å². The fraction of sp³-hybridized carbons (Fsp3) is 0.259. The summed E-state index contributed by atoms with van der Waals surface area (Å²) in [6, 6.07) is 16.9. The van der Waals surface area contributed by atoms with Crippen molar-refractivity contribution < 1.29 is 36.3 Å². The van der Waals surface area contributed by atoms with Crippen molar-refractivity contribution in [3.05, 3.63) is 83.9 Å². The largest absolute Gasteiger partial charge is 0.465 e. The van der Waals surface area contributed by atoms with Crippen molar-refractivity contribution in [1.82, 2.24) is 9.62 Å². The Bertz CT molecular complexity index is 1450. The molecule has 4 rings (SSSR count). The smallest absolute Gasteiger partial charge is 0.417 e. The molecule has 2 amide bonds. The van der Waals surface area contributed by atoms with E-state index in [1.54, 1.807) is 30.3 Å². The van der Waals surface area contributed by atoms with E-state index in [1.807, 2.05) is 0 Å². The Labute approximate surface area is 223 Å². The molecule has 2 N–H and O–H groups in total. The third-order valence-electron chi connectivity index (χ3n) is 6.57. The van der Waals surface area contributed by atoms with Gasteiger partial charge in [0.25, 0.3) is 5.91 Å². The normalized spacial score (nSPS) is 14.7. The van der Waals surface area contributed by atoms with Crippen molar-refractivity contribution in [3.8, 4) is 11.1 Å². The summed E-state index contributed by atoms with van der Waals surface area (Å²) < 4.78 is 70.2. The highest BCUT2D eigenvalue weighted by Gasteiger charge is 2.38. The highest BCUT2D eigenvalue weighted by Crippen LogP contribution is 2.37. The molecule has 3 aromatic rings. The summed E-state index contributed by atoms with van der Waals surface area (Å²) in [5.74, 6) is -0.309. The summed E-state index contributed by atoms with van der Waals surface area (Å²) in [6.07, 6.45) is -5.60. The molecule has 39 heavy (non-hydrogen) atoms. The van der Waals surface area contributed by atoms with E-state index in [1.165, 1.54) is 42.3 Å². The molecule has 0 saturated carbocycles. The number of nitrogens with one attached hydrogen (secondary N) is 1. The third-order valence-corrected chi connectivity index (χ3v) is 8.15. The van der Waals surface area contributed by atoms with Crippen molar-refractivity contribution in [2.75, 3.05) is 25.0 Å². The number of halogens is 3. The van der Waals surface area contributed by atoms with Crippen LogP contribution in [0.3, 0.4) is 0 Å². The SMILES string of the molecule is CN(C(=O)O)c1ccc(C(=O)N2CCC(NS(=O)(=O)c3ccc(-c4ccccc4)cc3C(F)(F)F)CC2)cc1.